The average molecular weight is 524 g/mol. The third kappa shape index (κ3) is 6.89. The Morgan fingerprint density at radius 3 is 2.03 bits per heavy atom. The van der Waals surface area contributed by atoms with E-state index in [0.29, 0.717) is 24.4 Å². The molecule has 0 radical (unpaired) electrons. The number of hydrogen-bond acceptors (Lipinski definition) is 5. The molecule has 0 saturated heterocycles. The summed E-state index contributed by atoms with van der Waals surface area (Å²) in [6.07, 6.45) is 0.376. The van der Waals surface area contributed by atoms with Crippen LogP contribution in [0.25, 0.3) is 0 Å². The van der Waals surface area contributed by atoms with Crippen molar-refractivity contribution in [3.8, 4) is 5.75 Å². The topological polar surface area (TPSA) is 96.0 Å². The second-order valence-electron chi connectivity index (χ2n) is 8.35. The normalized spacial score (nSPS) is 11.9. The summed E-state index contributed by atoms with van der Waals surface area (Å²) in [4.78, 5) is 28.2. The number of rotatable bonds is 12. The molecule has 3 aromatic carbocycles. The first kappa shape index (κ1) is 27.7. The van der Waals surface area contributed by atoms with Gasteiger partial charge in [-0.05, 0) is 55.3 Å². The first-order chi connectivity index (χ1) is 17.8. The third-order valence-corrected chi connectivity index (χ3v) is 7.69. The summed E-state index contributed by atoms with van der Waals surface area (Å²) in [7, 11) is -2.62. The number of carbonyl (C=O) groups excluding carboxylic acids is 2. The number of carbonyl (C=O) groups is 2. The molecular formula is C28H33N3O5S. The molecule has 37 heavy (non-hydrogen) atoms. The van der Waals surface area contributed by atoms with Gasteiger partial charge in [-0.1, -0.05) is 55.5 Å². The molecule has 0 aliphatic heterocycles. The van der Waals surface area contributed by atoms with Crippen LogP contribution in [0.1, 0.15) is 25.8 Å². The van der Waals surface area contributed by atoms with Gasteiger partial charge in [0.15, 0.2) is 0 Å². The van der Waals surface area contributed by atoms with Crippen molar-refractivity contribution in [2.24, 2.45) is 0 Å². The van der Waals surface area contributed by atoms with Crippen LogP contribution in [0.3, 0.4) is 0 Å². The largest absolute Gasteiger partial charge is 0.497 e. The van der Waals surface area contributed by atoms with Crippen LogP contribution in [0.15, 0.2) is 89.8 Å². The number of ether oxygens (including phenoxy) is 1. The summed E-state index contributed by atoms with van der Waals surface area (Å²) < 4.78 is 33.8. The summed E-state index contributed by atoms with van der Waals surface area (Å²) >= 11 is 0. The molecular weight excluding hydrogens is 490 g/mol. The molecule has 0 aliphatic rings. The summed E-state index contributed by atoms with van der Waals surface area (Å²) in [6, 6.07) is 23.0. The molecule has 9 heteroatoms. The molecule has 0 fully saturated rings. The molecule has 0 aromatic heterocycles. The Kier molecular flexibility index (Phi) is 9.68. The van der Waals surface area contributed by atoms with Gasteiger partial charge >= 0.3 is 0 Å². The van der Waals surface area contributed by atoms with Gasteiger partial charge in [-0.3, -0.25) is 13.9 Å². The van der Waals surface area contributed by atoms with E-state index in [2.05, 4.69) is 5.32 Å². The molecule has 0 heterocycles. The van der Waals surface area contributed by atoms with Crippen LogP contribution < -0.4 is 14.4 Å². The Hall–Kier alpha value is -3.85. The van der Waals surface area contributed by atoms with Crippen molar-refractivity contribution in [1.82, 2.24) is 10.2 Å². The van der Waals surface area contributed by atoms with Crippen molar-refractivity contribution in [3.05, 3.63) is 90.5 Å². The summed E-state index contributed by atoms with van der Waals surface area (Å²) in [5, 5.41) is 2.79. The maximum atomic E-state index is 13.8. The first-order valence-corrected chi connectivity index (χ1v) is 13.6. The Labute approximate surface area is 218 Å². The highest BCUT2D eigenvalue weighted by Crippen LogP contribution is 2.26. The Morgan fingerprint density at radius 2 is 1.49 bits per heavy atom. The van der Waals surface area contributed by atoms with E-state index in [0.717, 1.165) is 9.87 Å². The monoisotopic (exact) mass is 523 g/mol. The number of methoxy groups -OCH3 is 1. The molecule has 2 amide bonds. The predicted octanol–water partition coefficient (Wildman–Crippen LogP) is 3.83. The number of para-hydroxylation sites is 1. The number of nitrogens with zero attached hydrogens (tertiary/aromatic N) is 2. The van der Waals surface area contributed by atoms with E-state index in [-0.39, 0.29) is 17.3 Å². The van der Waals surface area contributed by atoms with Crippen LogP contribution >= 0.6 is 0 Å². The van der Waals surface area contributed by atoms with Gasteiger partial charge in [0.05, 0.1) is 17.7 Å². The van der Waals surface area contributed by atoms with E-state index in [1.165, 1.54) is 24.1 Å². The van der Waals surface area contributed by atoms with Gasteiger partial charge in [0, 0.05) is 13.1 Å². The first-order valence-electron chi connectivity index (χ1n) is 12.1. The molecule has 0 spiro atoms. The Bertz CT molecular complexity index is 1270. The number of nitrogens with one attached hydrogen (secondary N) is 1. The highest BCUT2D eigenvalue weighted by atomic mass is 32.2. The molecule has 196 valence electrons. The smallest absolute Gasteiger partial charge is 0.264 e. The predicted molar refractivity (Wildman–Crippen MR) is 144 cm³/mol. The summed E-state index contributed by atoms with van der Waals surface area (Å²) in [5.41, 5.74) is 1.18. The third-order valence-electron chi connectivity index (χ3n) is 5.90. The SMILES string of the molecule is CCNC(=O)[C@H](CC)N(Cc1ccccc1)C(=O)CN(c1ccccc1)S(=O)(=O)c1ccc(OC)cc1. The van der Waals surface area contributed by atoms with Crippen LogP contribution in [0.4, 0.5) is 5.69 Å². The zero-order valence-electron chi connectivity index (χ0n) is 21.3. The maximum absolute atomic E-state index is 13.8. The van der Waals surface area contributed by atoms with E-state index in [1.807, 2.05) is 44.2 Å². The molecule has 1 N–H and O–H groups in total. The van der Waals surface area contributed by atoms with Crippen LogP contribution in [0.2, 0.25) is 0 Å². The van der Waals surface area contributed by atoms with Gasteiger partial charge in [0.2, 0.25) is 11.8 Å². The van der Waals surface area contributed by atoms with Gasteiger partial charge in [-0.25, -0.2) is 8.42 Å². The van der Waals surface area contributed by atoms with Crippen LogP contribution in [-0.4, -0.2) is 51.4 Å². The van der Waals surface area contributed by atoms with Crippen molar-refractivity contribution in [2.45, 2.75) is 37.8 Å². The molecule has 0 unspecified atom stereocenters. The second kappa shape index (κ2) is 12.9. The minimum atomic E-state index is -4.11. The Balaban J connectivity index is 2.02. The zero-order chi connectivity index (χ0) is 26.8. The lowest BCUT2D eigenvalue weighted by Gasteiger charge is -2.33. The lowest BCUT2D eigenvalue weighted by Crippen LogP contribution is -2.52. The second-order valence-corrected chi connectivity index (χ2v) is 10.2. The number of hydrogen-bond donors (Lipinski definition) is 1. The van der Waals surface area contributed by atoms with Crippen molar-refractivity contribution >= 4 is 27.5 Å². The van der Waals surface area contributed by atoms with Crippen molar-refractivity contribution < 1.29 is 22.7 Å². The standard InChI is InChI=1S/C28H33N3O5S/c1-4-26(28(33)29-5-2)30(20-22-12-8-6-9-13-22)27(32)21-31(23-14-10-7-11-15-23)37(34,35)25-18-16-24(36-3)17-19-25/h6-19,26H,4-5,20-21H2,1-3H3,(H,29,33)/t26-/m0/s1. The molecule has 1 atom stereocenters. The van der Waals surface area contributed by atoms with Crippen LogP contribution in [0, 0.1) is 0 Å². The number of amides is 2. The van der Waals surface area contributed by atoms with Crippen molar-refractivity contribution in [1.29, 1.82) is 0 Å². The minimum absolute atomic E-state index is 0.0235. The van der Waals surface area contributed by atoms with E-state index in [9.17, 15) is 18.0 Å². The fourth-order valence-electron chi connectivity index (χ4n) is 3.99. The van der Waals surface area contributed by atoms with Crippen molar-refractivity contribution in [2.75, 3.05) is 24.5 Å². The van der Waals surface area contributed by atoms with E-state index in [4.69, 9.17) is 4.74 Å². The molecule has 0 aliphatic carbocycles. The fraction of sp³-hybridized carbons (Fsp3) is 0.286. The molecule has 3 aromatic rings. The fourth-order valence-corrected chi connectivity index (χ4v) is 5.40. The number of benzene rings is 3. The molecule has 0 saturated carbocycles. The zero-order valence-corrected chi connectivity index (χ0v) is 22.1. The molecule has 3 rings (SSSR count). The van der Waals surface area contributed by atoms with Crippen molar-refractivity contribution in [3.63, 3.8) is 0 Å². The lowest BCUT2D eigenvalue weighted by atomic mass is 10.1. The number of anilines is 1. The quantitative estimate of drug-likeness (QED) is 0.389. The average Bonchev–Trinajstić information content (AvgIpc) is 2.92. The summed E-state index contributed by atoms with van der Waals surface area (Å²) in [6.45, 7) is 3.76. The van der Waals surface area contributed by atoms with Gasteiger partial charge in [0.25, 0.3) is 10.0 Å². The molecule has 0 bridgehead atoms. The van der Waals surface area contributed by atoms with Gasteiger partial charge in [-0.2, -0.15) is 0 Å². The van der Waals surface area contributed by atoms with Crippen LogP contribution in [-0.2, 0) is 26.2 Å². The highest BCUT2D eigenvalue weighted by molar-refractivity contribution is 7.92. The number of sulfonamides is 1. The van der Waals surface area contributed by atoms with Crippen LogP contribution in [0.5, 0.6) is 5.75 Å². The lowest BCUT2D eigenvalue weighted by molar-refractivity contribution is -0.140. The van der Waals surface area contributed by atoms with Gasteiger partial charge < -0.3 is 15.0 Å². The minimum Gasteiger partial charge on any atom is -0.497 e. The van der Waals surface area contributed by atoms with E-state index < -0.39 is 28.5 Å². The summed E-state index contributed by atoms with van der Waals surface area (Å²) in [5.74, 6) is -0.246. The van der Waals surface area contributed by atoms with E-state index in [1.54, 1.807) is 42.5 Å². The Morgan fingerprint density at radius 1 is 0.892 bits per heavy atom. The number of likely N-dealkylation sites (N-methyl/N-ethyl adjacent to an activating group) is 1. The molecule has 8 nitrogen and oxygen atoms in total. The van der Waals surface area contributed by atoms with Gasteiger partial charge in [0.1, 0.15) is 18.3 Å². The maximum Gasteiger partial charge on any atom is 0.264 e. The highest BCUT2D eigenvalue weighted by Gasteiger charge is 2.33. The van der Waals surface area contributed by atoms with E-state index >= 15 is 0 Å². The van der Waals surface area contributed by atoms with Gasteiger partial charge in [-0.15, -0.1) is 0 Å².